The summed E-state index contributed by atoms with van der Waals surface area (Å²) in [4.78, 5) is -0.195. The SMILES string of the molecule is CCC1CCCCC1Oc1ccc(S(=O)(=O)Cl)c(Cl)c1Cl. The van der Waals surface area contributed by atoms with Crippen molar-refractivity contribution in [3.05, 3.63) is 22.2 Å². The Kier molecular flexibility index (Phi) is 5.69. The van der Waals surface area contributed by atoms with Gasteiger partial charge in [-0.3, -0.25) is 0 Å². The number of ether oxygens (including phenoxy) is 1. The smallest absolute Gasteiger partial charge is 0.262 e. The van der Waals surface area contributed by atoms with Gasteiger partial charge in [0.25, 0.3) is 9.05 Å². The van der Waals surface area contributed by atoms with Crippen LogP contribution in [0, 0.1) is 5.92 Å². The van der Waals surface area contributed by atoms with Gasteiger partial charge in [0, 0.05) is 10.7 Å². The summed E-state index contributed by atoms with van der Waals surface area (Å²) in [6.45, 7) is 2.14. The first-order valence-corrected chi connectivity index (χ1v) is 10.0. The molecule has 1 aliphatic carbocycles. The molecule has 1 aromatic rings. The third-order valence-corrected chi connectivity index (χ3v) is 6.26. The maximum Gasteiger partial charge on any atom is 0.262 e. The fraction of sp³-hybridized carbons (Fsp3) is 0.571. The van der Waals surface area contributed by atoms with Crippen LogP contribution in [0.1, 0.15) is 39.0 Å². The van der Waals surface area contributed by atoms with E-state index in [4.69, 9.17) is 38.6 Å². The summed E-state index contributed by atoms with van der Waals surface area (Å²) in [5.41, 5.74) is 0. The third-order valence-electron chi connectivity index (χ3n) is 3.92. The molecule has 2 rings (SSSR count). The minimum atomic E-state index is -3.92. The van der Waals surface area contributed by atoms with E-state index in [2.05, 4.69) is 6.92 Å². The van der Waals surface area contributed by atoms with Crippen LogP contribution in [0.25, 0.3) is 0 Å². The molecule has 1 saturated carbocycles. The quantitative estimate of drug-likeness (QED) is 0.677. The molecule has 2 atom stereocenters. The topological polar surface area (TPSA) is 43.4 Å². The van der Waals surface area contributed by atoms with Gasteiger partial charge < -0.3 is 4.74 Å². The van der Waals surface area contributed by atoms with Crippen molar-refractivity contribution in [1.29, 1.82) is 0 Å². The van der Waals surface area contributed by atoms with E-state index in [1.54, 1.807) is 0 Å². The molecule has 21 heavy (non-hydrogen) atoms. The molecule has 0 N–H and O–H groups in total. The lowest BCUT2D eigenvalue weighted by molar-refractivity contribution is 0.0904. The van der Waals surface area contributed by atoms with Crippen molar-refractivity contribution in [3.63, 3.8) is 0 Å². The summed E-state index contributed by atoms with van der Waals surface area (Å²) in [5.74, 6) is 0.904. The van der Waals surface area contributed by atoms with Crippen LogP contribution in [0.2, 0.25) is 10.0 Å². The molecule has 2 unspecified atom stereocenters. The zero-order valence-corrected chi connectivity index (χ0v) is 14.7. The van der Waals surface area contributed by atoms with E-state index >= 15 is 0 Å². The average Bonchev–Trinajstić information content (AvgIpc) is 2.43. The molecule has 0 bridgehead atoms. The molecule has 0 amide bonds. The van der Waals surface area contributed by atoms with E-state index in [1.165, 1.54) is 18.6 Å². The predicted octanol–water partition coefficient (Wildman–Crippen LogP) is 5.27. The van der Waals surface area contributed by atoms with Crippen molar-refractivity contribution in [2.24, 2.45) is 5.92 Å². The maximum atomic E-state index is 11.4. The van der Waals surface area contributed by atoms with E-state index in [9.17, 15) is 8.42 Å². The van der Waals surface area contributed by atoms with Crippen LogP contribution >= 0.6 is 33.9 Å². The molecule has 0 heterocycles. The van der Waals surface area contributed by atoms with Crippen molar-refractivity contribution in [2.45, 2.75) is 50.0 Å². The Balaban J connectivity index is 2.27. The highest BCUT2D eigenvalue weighted by molar-refractivity contribution is 8.13. The summed E-state index contributed by atoms with van der Waals surface area (Å²) in [7, 11) is 1.39. The van der Waals surface area contributed by atoms with E-state index in [0.717, 1.165) is 25.7 Å². The second kappa shape index (κ2) is 6.95. The highest BCUT2D eigenvalue weighted by atomic mass is 35.7. The molecular formula is C14H17Cl3O3S. The first-order valence-electron chi connectivity index (χ1n) is 6.94. The second-order valence-electron chi connectivity index (χ2n) is 5.24. The normalized spacial score (nSPS) is 23.0. The summed E-state index contributed by atoms with van der Waals surface area (Å²) in [6.07, 6.45) is 5.60. The zero-order valence-electron chi connectivity index (χ0n) is 11.6. The van der Waals surface area contributed by atoms with Crippen molar-refractivity contribution < 1.29 is 13.2 Å². The molecule has 0 aromatic heterocycles. The van der Waals surface area contributed by atoms with Gasteiger partial charge >= 0.3 is 0 Å². The fourth-order valence-electron chi connectivity index (χ4n) is 2.75. The molecule has 0 aliphatic heterocycles. The van der Waals surface area contributed by atoms with Gasteiger partial charge in [0.15, 0.2) is 0 Å². The average molecular weight is 372 g/mol. The summed E-state index contributed by atoms with van der Waals surface area (Å²) in [6, 6.07) is 2.85. The van der Waals surface area contributed by atoms with Crippen molar-refractivity contribution in [2.75, 3.05) is 0 Å². The maximum absolute atomic E-state index is 11.4. The minimum Gasteiger partial charge on any atom is -0.489 e. The largest absolute Gasteiger partial charge is 0.489 e. The number of benzene rings is 1. The third kappa shape index (κ3) is 3.98. The molecule has 3 nitrogen and oxygen atoms in total. The summed E-state index contributed by atoms with van der Waals surface area (Å²) < 4.78 is 28.8. The van der Waals surface area contributed by atoms with Crippen LogP contribution in [0.15, 0.2) is 17.0 Å². The van der Waals surface area contributed by atoms with Crippen LogP contribution in [-0.4, -0.2) is 14.5 Å². The van der Waals surface area contributed by atoms with Crippen LogP contribution in [-0.2, 0) is 9.05 Å². The monoisotopic (exact) mass is 370 g/mol. The van der Waals surface area contributed by atoms with E-state index < -0.39 is 9.05 Å². The Morgan fingerprint density at radius 2 is 1.86 bits per heavy atom. The molecule has 118 valence electrons. The number of rotatable bonds is 4. The van der Waals surface area contributed by atoms with Gasteiger partial charge in [0.2, 0.25) is 0 Å². The predicted molar refractivity (Wildman–Crippen MR) is 86.2 cm³/mol. The lowest BCUT2D eigenvalue weighted by Gasteiger charge is -2.31. The molecule has 1 fully saturated rings. The van der Waals surface area contributed by atoms with Crippen LogP contribution < -0.4 is 4.74 Å². The molecule has 1 aliphatic rings. The minimum absolute atomic E-state index is 0.0898. The number of hydrogen-bond donors (Lipinski definition) is 0. The Morgan fingerprint density at radius 1 is 1.19 bits per heavy atom. The van der Waals surface area contributed by atoms with Crippen molar-refractivity contribution in [3.8, 4) is 5.75 Å². The summed E-state index contributed by atoms with van der Waals surface area (Å²) in [5, 5.41) is 0.00634. The van der Waals surface area contributed by atoms with Gasteiger partial charge in [-0.15, -0.1) is 0 Å². The van der Waals surface area contributed by atoms with Crippen molar-refractivity contribution in [1.82, 2.24) is 0 Å². The first kappa shape index (κ1) is 17.2. The van der Waals surface area contributed by atoms with Gasteiger partial charge in [-0.2, -0.15) is 0 Å². The Morgan fingerprint density at radius 3 is 2.48 bits per heavy atom. The highest BCUT2D eigenvalue weighted by Crippen LogP contribution is 2.40. The standard InChI is InChI=1S/C14H17Cl3O3S/c1-2-9-5-3-4-6-10(9)20-11-7-8-12(21(17,18)19)14(16)13(11)15/h7-10H,2-6H2,1H3. The Labute approximate surface area is 139 Å². The number of halogens is 3. The van der Waals surface area contributed by atoms with Gasteiger partial charge in [-0.25, -0.2) is 8.42 Å². The van der Waals surface area contributed by atoms with Gasteiger partial charge in [-0.05, 0) is 43.7 Å². The summed E-state index contributed by atoms with van der Waals surface area (Å²) >= 11 is 12.1. The van der Waals surface area contributed by atoms with Gasteiger partial charge in [-0.1, -0.05) is 36.5 Å². The van der Waals surface area contributed by atoms with E-state index in [1.807, 2.05) is 0 Å². The molecule has 0 saturated heterocycles. The fourth-order valence-corrected chi connectivity index (χ4v) is 4.53. The Bertz CT molecular complexity index is 616. The molecule has 1 aromatic carbocycles. The molecular weight excluding hydrogens is 355 g/mol. The lowest BCUT2D eigenvalue weighted by Crippen LogP contribution is -2.30. The molecule has 0 spiro atoms. The van der Waals surface area contributed by atoms with Crippen LogP contribution in [0.3, 0.4) is 0 Å². The molecule has 0 radical (unpaired) electrons. The van der Waals surface area contributed by atoms with Crippen LogP contribution in [0.4, 0.5) is 0 Å². The van der Waals surface area contributed by atoms with Gasteiger partial charge in [0.1, 0.15) is 21.8 Å². The van der Waals surface area contributed by atoms with Crippen LogP contribution in [0.5, 0.6) is 5.75 Å². The van der Waals surface area contributed by atoms with Crippen molar-refractivity contribution >= 4 is 42.9 Å². The first-order chi connectivity index (χ1) is 9.84. The lowest BCUT2D eigenvalue weighted by atomic mass is 9.85. The molecule has 7 heteroatoms. The van der Waals surface area contributed by atoms with Gasteiger partial charge in [0.05, 0.1) is 5.02 Å². The highest BCUT2D eigenvalue weighted by Gasteiger charge is 2.27. The Hall–Kier alpha value is -0.160. The zero-order chi connectivity index (χ0) is 15.6. The number of hydrogen-bond acceptors (Lipinski definition) is 3. The second-order valence-corrected chi connectivity index (χ2v) is 8.53. The van der Waals surface area contributed by atoms with E-state index in [0.29, 0.717) is 11.7 Å². The van der Waals surface area contributed by atoms with E-state index in [-0.39, 0.29) is 21.0 Å².